The molecule has 0 bridgehead atoms. The Balaban J connectivity index is 2.97. The molecule has 1 rings (SSSR count). The molecule has 0 aliphatic rings. The molecule has 0 amide bonds. The summed E-state index contributed by atoms with van der Waals surface area (Å²) in [5.41, 5.74) is 0. The van der Waals surface area contributed by atoms with Crippen LogP contribution in [0.25, 0.3) is 0 Å². The van der Waals surface area contributed by atoms with Crippen molar-refractivity contribution in [1.82, 2.24) is 14.5 Å². The molecule has 90 valence electrons. The normalized spacial score (nSPS) is 13.6. The third-order valence-corrected chi connectivity index (χ3v) is 3.38. The molecule has 1 heterocycles. The summed E-state index contributed by atoms with van der Waals surface area (Å²) in [5, 5.41) is 20.8. The molecule has 16 heavy (non-hydrogen) atoms. The highest BCUT2D eigenvalue weighted by Crippen LogP contribution is 2.06. The lowest BCUT2D eigenvalue weighted by atomic mass is 10.3. The lowest BCUT2D eigenvalue weighted by molar-refractivity contribution is -0.139. The number of hydrogen-bond acceptors (Lipinski definition) is 5. The first-order chi connectivity index (χ1) is 7.38. The molecule has 0 aromatic carbocycles. The van der Waals surface area contributed by atoms with Gasteiger partial charge in [0.15, 0.2) is 5.03 Å². The molecular formula is C7H11N3O5S. The van der Waals surface area contributed by atoms with Gasteiger partial charge in [0.2, 0.25) is 0 Å². The fraction of sp³-hybridized carbons (Fsp3) is 0.429. The fourth-order valence-corrected chi connectivity index (χ4v) is 2.34. The van der Waals surface area contributed by atoms with Crippen LogP contribution in [0.3, 0.4) is 0 Å². The molecule has 0 unspecified atom stereocenters. The largest absolute Gasteiger partial charge is 0.480 e. The van der Waals surface area contributed by atoms with E-state index in [1.807, 2.05) is 4.72 Å². The molecule has 1 aromatic rings. The van der Waals surface area contributed by atoms with Gasteiger partial charge in [0.05, 0.1) is 12.8 Å². The van der Waals surface area contributed by atoms with Crippen molar-refractivity contribution in [3.05, 3.63) is 12.3 Å². The maximum absolute atomic E-state index is 11.6. The Morgan fingerprint density at radius 3 is 2.69 bits per heavy atom. The van der Waals surface area contributed by atoms with E-state index in [0.717, 1.165) is 4.68 Å². The first-order valence-corrected chi connectivity index (χ1v) is 5.71. The van der Waals surface area contributed by atoms with E-state index in [1.165, 1.54) is 19.3 Å². The molecule has 0 spiro atoms. The van der Waals surface area contributed by atoms with E-state index >= 15 is 0 Å². The molecule has 0 aliphatic heterocycles. The fourth-order valence-electron chi connectivity index (χ4n) is 1.04. The summed E-state index contributed by atoms with van der Waals surface area (Å²) in [6.45, 7) is -0.827. The van der Waals surface area contributed by atoms with Crippen LogP contribution in [0, 0.1) is 0 Å². The summed E-state index contributed by atoms with van der Waals surface area (Å²) < 4.78 is 26.2. The third-order valence-electron chi connectivity index (χ3n) is 1.83. The number of sulfonamides is 1. The van der Waals surface area contributed by atoms with Gasteiger partial charge in [-0.25, -0.2) is 8.42 Å². The van der Waals surface area contributed by atoms with Crippen molar-refractivity contribution in [3.63, 3.8) is 0 Å². The standard InChI is InChI=1S/C7H11N3O5S/c1-10-6(2-3-8-10)16(14,15)9-5(4-11)7(12)13/h2-3,5,9,11H,4H2,1H3,(H,12,13)/t5-/m0/s1. The summed E-state index contributed by atoms with van der Waals surface area (Å²) in [4.78, 5) is 10.6. The third kappa shape index (κ3) is 2.56. The minimum Gasteiger partial charge on any atom is -0.480 e. The maximum Gasteiger partial charge on any atom is 0.324 e. The highest BCUT2D eigenvalue weighted by molar-refractivity contribution is 7.89. The van der Waals surface area contributed by atoms with Gasteiger partial charge < -0.3 is 10.2 Å². The van der Waals surface area contributed by atoms with E-state index in [9.17, 15) is 13.2 Å². The number of aromatic nitrogens is 2. The summed E-state index contributed by atoms with van der Waals surface area (Å²) >= 11 is 0. The number of carboxylic acids is 1. The molecule has 8 nitrogen and oxygen atoms in total. The van der Waals surface area contributed by atoms with E-state index < -0.39 is 28.6 Å². The van der Waals surface area contributed by atoms with Crippen LogP contribution in [0.1, 0.15) is 0 Å². The quantitative estimate of drug-likeness (QED) is 0.563. The zero-order valence-electron chi connectivity index (χ0n) is 8.36. The van der Waals surface area contributed by atoms with E-state index in [1.54, 1.807) is 0 Å². The minimum absolute atomic E-state index is 0.174. The molecule has 0 saturated carbocycles. The molecule has 3 N–H and O–H groups in total. The molecule has 9 heteroatoms. The van der Waals surface area contributed by atoms with Gasteiger partial charge >= 0.3 is 5.97 Å². The van der Waals surface area contributed by atoms with Crippen molar-refractivity contribution in [1.29, 1.82) is 0 Å². The van der Waals surface area contributed by atoms with Gasteiger partial charge in [0.25, 0.3) is 10.0 Å². The van der Waals surface area contributed by atoms with Gasteiger partial charge in [-0.2, -0.15) is 9.82 Å². The molecule has 1 aromatic heterocycles. The molecule has 0 saturated heterocycles. The SMILES string of the molecule is Cn1nccc1S(=O)(=O)N[C@@H](CO)C(=O)O. The van der Waals surface area contributed by atoms with E-state index in [0.29, 0.717) is 0 Å². The molecule has 0 fully saturated rings. The van der Waals surface area contributed by atoms with Gasteiger partial charge in [-0.1, -0.05) is 0 Å². The second-order valence-corrected chi connectivity index (χ2v) is 4.65. The summed E-state index contributed by atoms with van der Waals surface area (Å²) in [7, 11) is -2.59. The molecule has 1 atom stereocenters. The van der Waals surface area contributed by atoms with Crippen LogP contribution in [0.5, 0.6) is 0 Å². The Kier molecular flexibility index (Phi) is 3.62. The number of nitrogens with zero attached hydrogens (tertiary/aromatic N) is 2. The predicted molar refractivity (Wildman–Crippen MR) is 52.0 cm³/mol. The number of aliphatic hydroxyl groups excluding tert-OH is 1. The zero-order valence-corrected chi connectivity index (χ0v) is 9.18. The lowest BCUT2D eigenvalue weighted by Gasteiger charge is -2.11. The van der Waals surface area contributed by atoms with Crippen LogP contribution in [0.15, 0.2) is 17.3 Å². The average molecular weight is 249 g/mol. The Hall–Kier alpha value is -1.45. The Labute approximate surface area is 91.6 Å². The van der Waals surface area contributed by atoms with Crippen molar-refractivity contribution in [2.24, 2.45) is 7.05 Å². The van der Waals surface area contributed by atoms with Crippen LogP contribution < -0.4 is 4.72 Å². The topological polar surface area (TPSA) is 122 Å². The van der Waals surface area contributed by atoms with Crippen LogP contribution in [0.2, 0.25) is 0 Å². The van der Waals surface area contributed by atoms with Gasteiger partial charge in [0, 0.05) is 7.05 Å². The number of hydrogen-bond donors (Lipinski definition) is 3. The van der Waals surface area contributed by atoms with Crippen molar-refractivity contribution < 1.29 is 23.4 Å². The zero-order chi connectivity index (χ0) is 12.3. The highest BCUT2D eigenvalue weighted by Gasteiger charge is 2.26. The molecule has 0 aliphatic carbocycles. The number of carbonyl (C=O) groups is 1. The smallest absolute Gasteiger partial charge is 0.324 e. The van der Waals surface area contributed by atoms with Crippen LogP contribution >= 0.6 is 0 Å². The number of rotatable bonds is 5. The lowest BCUT2D eigenvalue weighted by Crippen LogP contribution is -2.43. The Bertz CT molecular complexity index is 480. The first-order valence-electron chi connectivity index (χ1n) is 4.22. The summed E-state index contributed by atoms with van der Waals surface area (Å²) in [6, 6.07) is -0.349. The minimum atomic E-state index is -3.99. The monoisotopic (exact) mass is 249 g/mol. The van der Waals surface area contributed by atoms with E-state index in [4.69, 9.17) is 10.2 Å². The Morgan fingerprint density at radius 1 is 1.69 bits per heavy atom. The van der Waals surface area contributed by atoms with Crippen LogP contribution in [-0.2, 0) is 21.9 Å². The summed E-state index contributed by atoms with van der Waals surface area (Å²) in [6.07, 6.45) is 1.27. The van der Waals surface area contributed by atoms with Gasteiger partial charge in [-0.3, -0.25) is 9.48 Å². The van der Waals surface area contributed by atoms with Crippen LogP contribution in [0.4, 0.5) is 0 Å². The second-order valence-electron chi connectivity index (χ2n) is 2.99. The van der Waals surface area contributed by atoms with Crippen molar-refractivity contribution in [3.8, 4) is 0 Å². The Morgan fingerprint density at radius 2 is 2.31 bits per heavy atom. The number of nitrogens with one attached hydrogen (secondary N) is 1. The number of aryl methyl sites for hydroxylation is 1. The predicted octanol–water partition coefficient (Wildman–Crippen LogP) is -1.86. The first kappa shape index (κ1) is 12.6. The number of aliphatic carboxylic acids is 1. The highest BCUT2D eigenvalue weighted by atomic mass is 32.2. The van der Waals surface area contributed by atoms with Crippen molar-refractivity contribution >= 4 is 16.0 Å². The van der Waals surface area contributed by atoms with Gasteiger partial charge in [-0.15, -0.1) is 0 Å². The van der Waals surface area contributed by atoms with E-state index in [2.05, 4.69) is 5.10 Å². The average Bonchev–Trinajstić information content (AvgIpc) is 2.61. The maximum atomic E-state index is 11.6. The van der Waals surface area contributed by atoms with Crippen molar-refractivity contribution in [2.45, 2.75) is 11.1 Å². The van der Waals surface area contributed by atoms with Crippen molar-refractivity contribution in [2.75, 3.05) is 6.61 Å². The molecule has 0 radical (unpaired) electrons. The summed E-state index contributed by atoms with van der Waals surface area (Å²) in [5.74, 6) is -1.45. The van der Waals surface area contributed by atoms with Gasteiger partial charge in [-0.05, 0) is 6.07 Å². The van der Waals surface area contributed by atoms with Crippen LogP contribution in [-0.4, -0.2) is 47.0 Å². The second kappa shape index (κ2) is 4.60. The van der Waals surface area contributed by atoms with E-state index in [-0.39, 0.29) is 5.03 Å². The number of carboxylic acid groups (broad SMARTS) is 1. The van der Waals surface area contributed by atoms with Gasteiger partial charge in [0.1, 0.15) is 6.04 Å². The number of aliphatic hydroxyl groups is 1. The molecular weight excluding hydrogens is 238 g/mol.